The van der Waals surface area contributed by atoms with Gasteiger partial charge in [0.25, 0.3) is 0 Å². The lowest BCUT2D eigenvalue weighted by atomic mass is 10.2. The van der Waals surface area contributed by atoms with E-state index >= 15 is 0 Å². The van der Waals surface area contributed by atoms with Gasteiger partial charge in [0.1, 0.15) is 6.33 Å². The topological polar surface area (TPSA) is 55.1 Å². The molecule has 0 aliphatic heterocycles. The van der Waals surface area contributed by atoms with E-state index in [1.165, 1.54) is 0 Å². The van der Waals surface area contributed by atoms with Crippen molar-refractivity contribution in [1.29, 1.82) is 0 Å². The highest BCUT2D eigenvalue weighted by Gasteiger charge is 2.07. The number of aromatic nitrogens is 4. The average Bonchev–Trinajstić information content (AvgIpc) is 2.81. The summed E-state index contributed by atoms with van der Waals surface area (Å²) < 4.78 is 1.89. The summed E-state index contributed by atoms with van der Waals surface area (Å²) in [6.07, 6.45) is 1.76. The first-order valence-electron chi connectivity index (χ1n) is 5.73. The number of anilines is 1. The summed E-state index contributed by atoms with van der Waals surface area (Å²) in [6.45, 7) is 1.94. The maximum Gasteiger partial charge on any atom is 0.169 e. The molecule has 0 unspecified atom stereocenters. The second-order valence-corrected chi connectivity index (χ2v) is 4.11. The number of hydrogen-bond donors (Lipinski definition) is 1. The maximum absolute atomic E-state index is 4.27. The molecule has 0 saturated heterocycles. The van der Waals surface area contributed by atoms with Gasteiger partial charge >= 0.3 is 0 Å². The van der Waals surface area contributed by atoms with Crippen molar-refractivity contribution in [2.45, 2.75) is 6.92 Å². The second kappa shape index (κ2) is 4.10. The fraction of sp³-hybridized carbons (Fsp3) is 0.154. The van der Waals surface area contributed by atoms with Crippen LogP contribution in [0, 0.1) is 6.92 Å². The first kappa shape index (κ1) is 10.7. The number of rotatable bonds is 2. The number of nitrogens with one attached hydrogen (secondary N) is 1. The van der Waals surface area contributed by atoms with Gasteiger partial charge in [-0.05, 0) is 31.2 Å². The van der Waals surface area contributed by atoms with Crippen LogP contribution in [-0.4, -0.2) is 26.6 Å². The molecule has 2 aromatic heterocycles. The summed E-state index contributed by atoms with van der Waals surface area (Å²) in [6, 6.07) is 9.97. The van der Waals surface area contributed by atoms with Crippen molar-refractivity contribution in [1.82, 2.24) is 19.6 Å². The fourth-order valence-electron chi connectivity index (χ4n) is 1.87. The Morgan fingerprint density at radius 1 is 1.11 bits per heavy atom. The van der Waals surface area contributed by atoms with Crippen LogP contribution in [0.4, 0.5) is 5.69 Å². The minimum atomic E-state index is 0.806. The summed E-state index contributed by atoms with van der Waals surface area (Å²) in [5.41, 5.74) is 3.84. The van der Waals surface area contributed by atoms with E-state index in [0.29, 0.717) is 0 Å². The van der Waals surface area contributed by atoms with Gasteiger partial charge in [-0.1, -0.05) is 0 Å². The van der Waals surface area contributed by atoms with Crippen molar-refractivity contribution in [3.05, 3.63) is 42.4 Å². The van der Waals surface area contributed by atoms with Crippen LogP contribution in [0.2, 0.25) is 0 Å². The molecule has 0 saturated carbocycles. The van der Waals surface area contributed by atoms with Crippen LogP contribution in [0.25, 0.3) is 17.0 Å². The van der Waals surface area contributed by atoms with Gasteiger partial charge in [0.15, 0.2) is 11.5 Å². The maximum atomic E-state index is 4.27. The van der Waals surface area contributed by atoms with Gasteiger partial charge in [0.05, 0.1) is 0 Å². The third-order valence-electron chi connectivity index (χ3n) is 2.87. The van der Waals surface area contributed by atoms with Gasteiger partial charge in [-0.3, -0.25) is 4.40 Å². The highest BCUT2D eigenvalue weighted by Crippen LogP contribution is 2.20. The molecule has 0 amide bonds. The number of benzene rings is 1. The molecule has 0 atom stereocenters. The summed E-state index contributed by atoms with van der Waals surface area (Å²) in [7, 11) is 1.90. The van der Waals surface area contributed by atoms with Crippen molar-refractivity contribution in [2.75, 3.05) is 12.4 Å². The molecule has 5 heteroatoms. The van der Waals surface area contributed by atoms with Crippen molar-refractivity contribution in [2.24, 2.45) is 0 Å². The van der Waals surface area contributed by atoms with E-state index in [4.69, 9.17) is 0 Å². The molecule has 0 spiro atoms. The molecule has 0 radical (unpaired) electrons. The Morgan fingerprint density at radius 3 is 2.61 bits per heavy atom. The molecule has 90 valence electrons. The number of nitrogens with zero attached hydrogens (tertiary/aromatic N) is 4. The third-order valence-corrected chi connectivity index (χ3v) is 2.87. The fourth-order valence-corrected chi connectivity index (χ4v) is 1.87. The normalized spacial score (nSPS) is 10.8. The zero-order valence-electron chi connectivity index (χ0n) is 10.3. The van der Waals surface area contributed by atoms with Gasteiger partial charge in [0.2, 0.25) is 0 Å². The van der Waals surface area contributed by atoms with Crippen LogP contribution in [0.5, 0.6) is 0 Å². The SMILES string of the molecule is CNc1ccc(-c2nnc3cc(C)ncn23)cc1. The first-order valence-corrected chi connectivity index (χ1v) is 5.73. The molecule has 3 rings (SSSR count). The second-order valence-electron chi connectivity index (χ2n) is 4.11. The quantitative estimate of drug-likeness (QED) is 0.744. The highest BCUT2D eigenvalue weighted by molar-refractivity contribution is 5.62. The van der Waals surface area contributed by atoms with E-state index in [-0.39, 0.29) is 0 Å². The monoisotopic (exact) mass is 239 g/mol. The Balaban J connectivity index is 2.13. The van der Waals surface area contributed by atoms with Crippen LogP contribution in [0.1, 0.15) is 5.69 Å². The Kier molecular flexibility index (Phi) is 2.44. The molecule has 2 heterocycles. The zero-order chi connectivity index (χ0) is 12.5. The Labute approximate surface area is 105 Å². The van der Waals surface area contributed by atoms with Gasteiger partial charge in [-0.2, -0.15) is 0 Å². The van der Waals surface area contributed by atoms with E-state index in [2.05, 4.69) is 20.5 Å². The van der Waals surface area contributed by atoms with Crippen molar-refractivity contribution in [3.63, 3.8) is 0 Å². The minimum absolute atomic E-state index is 0.806. The molecular weight excluding hydrogens is 226 g/mol. The molecule has 18 heavy (non-hydrogen) atoms. The lowest BCUT2D eigenvalue weighted by Crippen LogP contribution is -1.93. The van der Waals surface area contributed by atoms with Crippen molar-refractivity contribution in [3.8, 4) is 11.4 Å². The number of hydrogen-bond acceptors (Lipinski definition) is 4. The van der Waals surface area contributed by atoms with Gasteiger partial charge < -0.3 is 5.32 Å². The average molecular weight is 239 g/mol. The molecule has 0 aliphatic rings. The van der Waals surface area contributed by atoms with Crippen molar-refractivity contribution >= 4 is 11.3 Å². The van der Waals surface area contributed by atoms with Crippen LogP contribution in [0.15, 0.2) is 36.7 Å². The van der Waals surface area contributed by atoms with Crippen LogP contribution < -0.4 is 5.32 Å². The minimum Gasteiger partial charge on any atom is -0.388 e. The standard InChI is InChI=1S/C13H13N5/c1-9-7-12-16-17-13(18(12)8-15-9)10-3-5-11(14-2)6-4-10/h3-8,14H,1-2H3. The van der Waals surface area contributed by atoms with Gasteiger partial charge in [-0.15, -0.1) is 10.2 Å². The van der Waals surface area contributed by atoms with Gasteiger partial charge in [-0.25, -0.2) is 4.98 Å². The number of fused-ring (bicyclic) bond motifs is 1. The molecule has 1 aromatic carbocycles. The summed E-state index contributed by atoms with van der Waals surface area (Å²) >= 11 is 0. The molecule has 3 aromatic rings. The summed E-state index contributed by atoms with van der Waals surface area (Å²) in [5.74, 6) is 0.806. The predicted octanol–water partition coefficient (Wildman–Crippen LogP) is 2.14. The van der Waals surface area contributed by atoms with Crippen LogP contribution in [-0.2, 0) is 0 Å². The van der Waals surface area contributed by atoms with E-state index in [9.17, 15) is 0 Å². The Bertz CT molecular complexity index is 684. The van der Waals surface area contributed by atoms with Crippen LogP contribution in [0.3, 0.4) is 0 Å². The largest absolute Gasteiger partial charge is 0.388 e. The summed E-state index contributed by atoms with van der Waals surface area (Å²) in [5, 5.41) is 11.5. The highest BCUT2D eigenvalue weighted by atomic mass is 15.3. The molecule has 0 fully saturated rings. The molecule has 0 aliphatic carbocycles. The lowest BCUT2D eigenvalue weighted by Gasteiger charge is -2.02. The predicted molar refractivity (Wildman–Crippen MR) is 70.5 cm³/mol. The van der Waals surface area contributed by atoms with E-state index in [1.807, 2.05) is 48.7 Å². The molecular formula is C13H13N5. The van der Waals surface area contributed by atoms with Crippen molar-refractivity contribution < 1.29 is 0 Å². The van der Waals surface area contributed by atoms with E-state index in [0.717, 1.165) is 28.4 Å². The molecule has 5 nitrogen and oxygen atoms in total. The van der Waals surface area contributed by atoms with Gasteiger partial charge in [0, 0.05) is 30.1 Å². The Hall–Kier alpha value is -2.43. The molecule has 1 N–H and O–H groups in total. The van der Waals surface area contributed by atoms with E-state index < -0.39 is 0 Å². The third kappa shape index (κ3) is 1.69. The lowest BCUT2D eigenvalue weighted by molar-refractivity contribution is 1.05. The first-order chi connectivity index (χ1) is 8.78. The summed E-state index contributed by atoms with van der Waals surface area (Å²) in [4.78, 5) is 4.27. The Morgan fingerprint density at radius 2 is 1.89 bits per heavy atom. The zero-order valence-corrected chi connectivity index (χ0v) is 10.3. The van der Waals surface area contributed by atoms with Crippen LogP contribution >= 0.6 is 0 Å². The molecule has 0 bridgehead atoms. The van der Waals surface area contributed by atoms with E-state index in [1.54, 1.807) is 6.33 Å². The number of aryl methyl sites for hydroxylation is 1. The smallest absolute Gasteiger partial charge is 0.169 e.